The van der Waals surface area contributed by atoms with E-state index in [1.54, 1.807) is 6.07 Å². The number of amides is 1. The van der Waals surface area contributed by atoms with E-state index in [1.165, 1.54) is 12.8 Å². The minimum atomic E-state index is -0.111. The number of carbonyl (C=O) groups is 1. The highest BCUT2D eigenvalue weighted by Crippen LogP contribution is 2.33. The Hall–Kier alpha value is -2.38. The number of carbonyl (C=O) groups excluding carboxylic acids is 1. The number of pyridine rings is 1. The maximum Gasteiger partial charge on any atom is 0.257 e. The molecule has 2 fully saturated rings. The molecule has 1 aromatic heterocycles. The van der Waals surface area contributed by atoms with Gasteiger partial charge in [0.1, 0.15) is 5.75 Å². The van der Waals surface area contributed by atoms with E-state index < -0.39 is 0 Å². The maximum atomic E-state index is 12.8. The first kappa shape index (κ1) is 23.8. The lowest BCUT2D eigenvalue weighted by Crippen LogP contribution is -2.45. The second-order valence-electron chi connectivity index (χ2n) is 9.96. The van der Waals surface area contributed by atoms with Crippen LogP contribution in [0.15, 0.2) is 29.1 Å². The Bertz CT molecular complexity index is 1020. The monoisotopic (exact) mass is 454 g/mol. The number of fused-ring (bicyclic) bond motifs is 1. The smallest absolute Gasteiger partial charge is 0.257 e. The van der Waals surface area contributed by atoms with Crippen molar-refractivity contribution in [1.82, 2.24) is 19.7 Å². The molecule has 7 heteroatoms. The molecule has 1 aromatic carbocycles. The first-order valence-corrected chi connectivity index (χ1v) is 12.4. The first-order chi connectivity index (χ1) is 15.9. The molecule has 1 aliphatic heterocycles. The quantitative estimate of drug-likeness (QED) is 0.559. The van der Waals surface area contributed by atoms with E-state index in [1.807, 2.05) is 22.8 Å². The van der Waals surface area contributed by atoms with Gasteiger partial charge in [-0.15, -0.1) is 0 Å². The molecule has 0 unspecified atom stereocenters. The summed E-state index contributed by atoms with van der Waals surface area (Å²) in [5.41, 5.74) is 2.02. The van der Waals surface area contributed by atoms with Gasteiger partial charge in [-0.05, 0) is 62.4 Å². The van der Waals surface area contributed by atoms with Gasteiger partial charge >= 0.3 is 0 Å². The third kappa shape index (κ3) is 6.36. The highest BCUT2D eigenvalue weighted by atomic mass is 16.5. The number of benzene rings is 1. The van der Waals surface area contributed by atoms with Gasteiger partial charge in [-0.3, -0.25) is 9.59 Å². The normalized spacial score (nSPS) is 17.6. The van der Waals surface area contributed by atoms with Crippen LogP contribution >= 0.6 is 0 Å². The minimum Gasteiger partial charge on any atom is -0.484 e. The highest BCUT2D eigenvalue weighted by Gasteiger charge is 2.24. The zero-order valence-electron chi connectivity index (χ0n) is 20.3. The third-order valence-corrected chi connectivity index (χ3v) is 6.81. The Kier molecular flexibility index (Phi) is 7.71. The summed E-state index contributed by atoms with van der Waals surface area (Å²) in [6.07, 6.45) is 3.31. The van der Waals surface area contributed by atoms with Crippen LogP contribution in [0.1, 0.15) is 44.6 Å². The van der Waals surface area contributed by atoms with Crippen molar-refractivity contribution in [2.24, 2.45) is 5.92 Å². The summed E-state index contributed by atoms with van der Waals surface area (Å²) in [5, 5.41) is 4.05. The standard InChI is InChI=1S/C26H38N4O3/c1-19(2)23-16-26(32)30(17-20-5-6-20)24-15-21(7-8-22(23)24)33-18-25(31)27-9-4-10-29-13-11-28(3)12-14-29/h7-8,15-16,19-20H,4-6,9-14,17-18H2,1-3H3,(H,27,31). The first-order valence-electron chi connectivity index (χ1n) is 12.4. The Morgan fingerprint density at radius 2 is 1.91 bits per heavy atom. The molecule has 1 N–H and O–H groups in total. The molecule has 1 aliphatic carbocycles. The van der Waals surface area contributed by atoms with Crippen LogP contribution in [-0.4, -0.2) is 73.2 Å². The van der Waals surface area contributed by atoms with E-state index in [2.05, 4.69) is 36.0 Å². The molecular weight excluding hydrogens is 416 g/mol. The van der Waals surface area contributed by atoms with Crippen molar-refractivity contribution in [1.29, 1.82) is 0 Å². The molecular formula is C26H38N4O3. The van der Waals surface area contributed by atoms with Gasteiger partial charge < -0.3 is 24.4 Å². The number of piperazine rings is 1. The second kappa shape index (κ2) is 10.7. The summed E-state index contributed by atoms with van der Waals surface area (Å²) < 4.78 is 7.69. The molecule has 1 amide bonds. The SMILES string of the molecule is CC(C)c1cc(=O)n(CC2CC2)c2cc(OCC(=O)NCCCN3CCN(C)CC3)ccc12. The second-order valence-corrected chi connectivity index (χ2v) is 9.96. The molecule has 0 spiro atoms. The van der Waals surface area contributed by atoms with Crippen molar-refractivity contribution in [3.05, 3.63) is 40.2 Å². The molecule has 2 aliphatic rings. The number of hydrogen-bond donors (Lipinski definition) is 1. The summed E-state index contributed by atoms with van der Waals surface area (Å²) in [5.74, 6) is 1.37. The minimum absolute atomic E-state index is 0.0171. The van der Waals surface area contributed by atoms with Crippen LogP contribution in [0, 0.1) is 5.92 Å². The molecule has 1 saturated carbocycles. The fourth-order valence-corrected chi connectivity index (χ4v) is 4.50. The predicted octanol–water partition coefficient (Wildman–Crippen LogP) is 2.67. The summed E-state index contributed by atoms with van der Waals surface area (Å²) >= 11 is 0. The Labute approximate surface area is 196 Å². The lowest BCUT2D eigenvalue weighted by atomic mass is 9.98. The van der Waals surface area contributed by atoms with Crippen LogP contribution in [0.2, 0.25) is 0 Å². The number of hydrogen-bond acceptors (Lipinski definition) is 5. The van der Waals surface area contributed by atoms with Crippen molar-refractivity contribution in [2.75, 3.05) is 52.9 Å². The van der Waals surface area contributed by atoms with Gasteiger partial charge in [-0.2, -0.15) is 0 Å². The molecule has 33 heavy (non-hydrogen) atoms. The van der Waals surface area contributed by atoms with Crippen molar-refractivity contribution in [3.8, 4) is 5.75 Å². The molecule has 0 radical (unpaired) electrons. The van der Waals surface area contributed by atoms with E-state index in [4.69, 9.17) is 4.74 Å². The van der Waals surface area contributed by atoms with Crippen LogP contribution in [-0.2, 0) is 11.3 Å². The molecule has 0 bridgehead atoms. The summed E-state index contributed by atoms with van der Waals surface area (Å²) in [6.45, 7) is 11.0. The van der Waals surface area contributed by atoms with Crippen molar-refractivity contribution < 1.29 is 9.53 Å². The number of rotatable bonds is 10. The molecule has 2 heterocycles. The fourth-order valence-electron chi connectivity index (χ4n) is 4.50. The summed E-state index contributed by atoms with van der Waals surface area (Å²) in [7, 11) is 2.16. The van der Waals surface area contributed by atoms with Crippen LogP contribution in [0.25, 0.3) is 10.9 Å². The van der Waals surface area contributed by atoms with Gasteiger partial charge in [-0.25, -0.2) is 0 Å². The number of nitrogens with zero attached hydrogens (tertiary/aromatic N) is 3. The zero-order valence-corrected chi connectivity index (χ0v) is 20.3. The molecule has 2 aromatic rings. The van der Waals surface area contributed by atoms with Gasteiger partial charge in [0.2, 0.25) is 0 Å². The number of ether oxygens (including phenoxy) is 1. The Morgan fingerprint density at radius 3 is 2.61 bits per heavy atom. The molecule has 7 nitrogen and oxygen atoms in total. The highest BCUT2D eigenvalue weighted by molar-refractivity contribution is 5.84. The van der Waals surface area contributed by atoms with Crippen LogP contribution in [0.3, 0.4) is 0 Å². The third-order valence-electron chi connectivity index (χ3n) is 6.81. The average Bonchev–Trinajstić information content (AvgIpc) is 3.62. The van der Waals surface area contributed by atoms with Gasteiger partial charge in [0.25, 0.3) is 11.5 Å². The zero-order chi connectivity index (χ0) is 23.4. The van der Waals surface area contributed by atoms with Crippen molar-refractivity contribution in [2.45, 2.75) is 45.6 Å². The van der Waals surface area contributed by atoms with E-state index in [0.29, 0.717) is 18.2 Å². The molecule has 180 valence electrons. The average molecular weight is 455 g/mol. The van der Waals surface area contributed by atoms with Gasteiger partial charge in [0.15, 0.2) is 6.61 Å². The van der Waals surface area contributed by atoms with Crippen LogP contribution in [0.5, 0.6) is 5.75 Å². The Balaban J connectivity index is 1.33. The number of nitrogens with one attached hydrogen (secondary N) is 1. The van der Waals surface area contributed by atoms with Crippen LogP contribution < -0.4 is 15.6 Å². The Morgan fingerprint density at radius 1 is 1.15 bits per heavy atom. The van der Waals surface area contributed by atoms with Gasteiger partial charge in [0, 0.05) is 56.8 Å². The van der Waals surface area contributed by atoms with E-state index in [0.717, 1.165) is 62.2 Å². The summed E-state index contributed by atoms with van der Waals surface area (Å²) in [4.78, 5) is 29.9. The topological polar surface area (TPSA) is 66.8 Å². The van der Waals surface area contributed by atoms with E-state index >= 15 is 0 Å². The lowest BCUT2D eigenvalue weighted by Gasteiger charge is -2.32. The van der Waals surface area contributed by atoms with Crippen molar-refractivity contribution in [3.63, 3.8) is 0 Å². The number of likely N-dealkylation sites (N-methyl/N-ethyl adjacent to an activating group) is 1. The largest absolute Gasteiger partial charge is 0.484 e. The molecule has 0 atom stereocenters. The molecule has 4 rings (SSSR count). The lowest BCUT2D eigenvalue weighted by molar-refractivity contribution is -0.123. The fraction of sp³-hybridized carbons (Fsp3) is 0.615. The summed E-state index contributed by atoms with van der Waals surface area (Å²) in [6, 6.07) is 7.63. The maximum absolute atomic E-state index is 12.8. The van der Waals surface area contributed by atoms with Gasteiger partial charge in [0.05, 0.1) is 5.52 Å². The van der Waals surface area contributed by atoms with E-state index in [-0.39, 0.29) is 24.0 Å². The van der Waals surface area contributed by atoms with Crippen LogP contribution in [0.4, 0.5) is 0 Å². The van der Waals surface area contributed by atoms with Crippen molar-refractivity contribution >= 4 is 16.8 Å². The number of aromatic nitrogens is 1. The molecule has 1 saturated heterocycles. The van der Waals surface area contributed by atoms with E-state index in [9.17, 15) is 9.59 Å². The predicted molar refractivity (Wildman–Crippen MR) is 132 cm³/mol. The van der Waals surface area contributed by atoms with Gasteiger partial charge in [-0.1, -0.05) is 13.8 Å².